The van der Waals surface area contributed by atoms with Crippen molar-refractivity contribution in [3.63, 3.8) is 0 Å². The van der Waals surface area contributed by atoms with Crippen molar-refractivity contribution >= 4 is 17.9 Å². The number of esters is 3. The lowest BCUT2D eigenvalue weighted by molar-refractivity contribution is -0.167. The third kappa shape index (κ3) is 65.8. The second-order valence-corrected chi connectivity index (χ2v) is 23.4. The van der Waals surface area contributed by atoms with Crippen molar-refractivity contribution in [1.29, 1.82) is 0 Å². The van der Waals surface area contributed by atoms with Crippen molar-refractivity contribution in [2.45, 2.75) is 374 Å². The van der Waals surface area contributed by atoms with Gasteiger partial charge in [0.15, 0.2) is 6.10 Å². The van der Waals surface area contributed by atoms with Gasteiger partial charge in [0, 0.05) is 19.3 Å². The van der Waals surface area contributed by atoms with Gasteiger partial charge in [0.1, 0.15) is 13.2 Å². The molecule has 79 heavy (non-hydrogen) atoms. The number of ether oxygens (including phenoxy) is 3. The van der Waals surface area contributed by atoms with E-state index in [4.69, 9.17) is 14.2 Å². The zero-order valence-electron chi connectivity index (χ0n) is 52.9. The number of unbranched alkanes of at least 4 members (excludes halogenated alkanes) is 43. The second-order valence-electron chi connectivity index (χ2n) is 23.4. The predicted molar refractivity (Wildman–Crippen MR) is 344 cm³/mol. The molecule has 0 saturated carbocycles. The van der Waals surface area contributed by atoms with Crippen LogP contribution < -0.4 is 0 Å². The van der Waals surface area contributed by atoms with Gasteiger partial charge in [-0.15, -0.1) is 0 Å². The highest BCUT2D eigenvalue weighted by molar-refractivity contribution is 5.71. The lowest BCUT2D eigenvalue weighted by Gasteiger charge is -2.18. The van der Waals surface area contributed by atoms with Crippen LogP contribution in [0.2, 0.25) is 0 Å². The summed E-state index contributed by atoms with van der Waals surface area (Å²) in [6.07, 6.45) is 86.6. The minimum Gasteiger partial charge on any atom is -0.462 e. The van der Waals surface area contributed by atoms with Crippen LogP contribution >= 0.6 is 0 Å². The monoisotopic (exact) mass is 1110 g/mol. The minimum atomic E-state index is -0.781. The molecule has 0 radical (unpaired) electrons. The third-order valence-electron chi connectivity index (χ3n) is 15.5. The number of carbonyl (C=O) groups is 3. The van der Waals surface area contributed by atoms with Crippen LogP contribution in [0.1, 0.15) is 367 Å². The summed E-state index contributed by atoms with van der Waals surface area (Å²) in [5, 5.41) is 0. The summed E-state index contributed by atoms with van der Waals surface area (Å²) >= 11 is 0. The molecule has 0 N–H and O–H groups in total. The molecule has 0 bridgehead atoms. The predicted octanol–water partition coefficient (Wildman–Crippen LogP) is 23.9. The van der Waals surface area contributed by atoms with Gasteiger partial charge < -0.3 is 14.2 Å². The minimum absolute atomic E-state index is 0.0763. The number of hydrogen-bond acceptors (Lipinski definition) is 6. The van der Waals surface area contributed by atoms with Crippen molar-refractivity contribution in [2.24, 2.45) is 0 Å². The van der Waals surface area contributed by atoms with Gasteiger partial charge in [0.25, 0.3) is 0 Å². The first-order chi connectivity index (χ1) is 39.0. The Bertz CT molecular complexity index is 1410. The summed E-state index contributed by atoms with van der Waals surface area (Å²) in [6.45, 7) is 6.66. The van der Waals surface area contributed by atoms with Gasteiger partial charge in [0.2, 0.25) is 0 Å². The SMILES string of the molecule is CCCCC/C=C\C/C=C\CCCCCCCCCCCC(=O)OCC(COC(=O)CCCCCCCCCCC/C=C\C/C=C\CCCCCCC)OC(=O)CCCCCCCCCCC/C=C\CCCCCCCCCC. The first kappa shape index (κ1) is 76.1. The van der Waals surface area contributed by atoms with Gasteiger partial charge >= 0.3 is 17.9 Å². The second kappa shape index (κ2) is 67.6. The van der Waals surface area contributed by atoms with E-state index in [0.717, 1.165) is 70.6 Å². The van der Waals surface area contributed by atoms with Crippen molar-refractivity contribution in [2.75, 3.05) is 13.2 Å². The van der Waals surface area contributed by atoms with Crippen LogP contribution in [-0.2, 0) is 28.6 Å². The molecule has 0 aromatic heterocycles. The summed E-state index contributed by atoms with van der Waals surface area (Å²) in [6, 6.07) is 0. The molecule has 0 aromatic rings. The molecule has 0 aliphatic carbocycles. The Balaban J connectivity index is 4.36. The highest BCUT2D eigenvalue weighted by Crippen LogP contribution is 2.17. The van der Waals surface area contributed by atoms with Gasteiger partial charge in [0.05, 0.1) is 0 Å². The summed E-state index contributed by atoms with van der Waals surface area (Å²) < 4.78 is 17.0. The molecule has 0 saturated heterocycles. The molecule has 1 unspecified atom stereocenters. The van der Waals surface area contributed by atoms with E-state index < -0.39 is 6.10 Å². The molecular formula is C73H132O6. The molecule has 0 fully saturated rings. The lowest BCUT2D eigenvalue weighted by atomic mass is 10.1. The molecule has 0 heterocycles. The molecule has 1 atom stereocenters. The molecule has 0 aromatic carbocycles. The van der Waals surface area contributed by atoms with E-state index in [2.05, 4.69) is 81.5 Å². The largest absolute Gasteiger partial charge is 0.462 e. The summed E-state index contributed by atoms with van der Waals surface area (Å²) in [5.74, 6) is -0.864. The quantitative estimate of drug-likeness (QED) is 0.0261. The average Bonchev–Trinajstić information content (AvgIpc) is 3.45. The Kier molecular flexibility index (Phi) is 65.1. The summed E-state index contributed by atoms with van der Waals surface area (Å²) in [7, 11) is 0. The maximum absolute atomic E-state index is 13.0. The zero-order valence-corrected chi connectivity index (χ0v) is 52.9. The van der Waals surface area contributed by atoms with Gasteiger partial charge in [-0.3, -0.25) is 14.4 Å². The van der Waals surface area contributed by atoms with Crippen molar-refractivity contribution in [1.82, 2.24) is 0 Å². The van der Waals surface area contributed by atoms with Crippen molar-refractivity contribution < 1.29 is 28.6 Å². The first-order valence-corrected chi connectivity index (χ1v) is 34.8. The Morgan fingerprint density at radius 3 is 0.734 bits per heavy atom. The number of rotatable bonds is 64. The highest BCUT2D eigenvalue weighted by atomic mass is 16.6. The van der Waals surface area contributed by atoms with E-state index in [1.807, 2.05) is 0 Å². The summed E-state index contributed by atoms with van der Waals surface area (Å²) in [4.78, 5) is 38.5. The van der Waals surface area contributed by atoms with E-state index in [9.17, 15) is 14.4 Å². The van der Waals surface area contributed by atoms with Crippen LogP contribution in [0.5, 0.6) is 0 Å². The van der Waals surface area contributed by atoms with Crippen LogP contribution in [0, 0.1) is 0 Å². The fraction of sp³-hybridized carbons (Fsp3) is 0.822. The Hall–Kier alpha value is -2.89. The molecule has 0 spiro atoms. The van der Waals surface area contributed by atoms with Crippen molar-refractivity contribution in [3.05, 3.63) is 60.8 Å². The van der Waals surface area contributed by atoms with Crippen LogP contribution in [0.4, 0.5) is 0 Å². The van der Waals surface area contributed by atoms with Crippen molar-refractivity contribution in [3.8, 4) is 0 Å². The Labute approximate surface area is 491 Å². The molecule has 460 valence electrons. The van der Waals surface area contributed by atoms with E-state index in [0.29, 0.717) is 19.3 Å². The average molecular weight is 1110 g/mol. The molecule has 0 rings (SSSR count). The maximum atomic E-state index is 13.0. The molecule has 6 heteroatoms. The van der Waals surface area contributed by atoms with Gasteiger partial charge in [-0.25, -0.2) is 0 Å². The Morgan fingerprint density at radius 1 is 0.253 bits per heavy atom. The molecule has 0 aliphatic heterocycles. The maximum Gasteiger partial charge on any atom is 0.306 e. The smallest absolute Gasteiger partial charge is 0.306 e. The topological polar surface area (TPSA) is 78.9 Å². The van der Waals surface area contributed by atoms with E-state index in [-0.39, 0.29) is 31.1 Å². The summed E-state index contributed by atoms with van der Waals surface area (Å²) in [5.41, 5.74) is 0. The normalized spacial score (nSPS) is 12.4. The fourth-order valence-corrected chi connectivity index (χ4v) is 10.2. The van der Waals surface area contributed by atoms with E-state index >= 15 is 0 Å². The van der Waals surface area contributed by atoms with Gasteiger partial charge in [-0.05, 0) is 109 Å². The molecular weight excluding hydrogens is 973 g/mol. The first-order valence-electron chi connectivity index (χ1n) is 34.8. The molecule has 0 amide bonds. The third-order valence-corrected chi connectivity index (χ3v) is 15.5. The van der Waals surface area contributed by atoms with Crippen LogP contribution in [0.3, 0.4) is 0 Å². The van der Waals surface area contributed by atoms with Gasteiger partial charge in [-0.1, -0.05) is 300 Å². The van der Waals surface area contributed by atoms with Crippen LogP contribution in [-0.4, -0.2) is 37.2 Å². The molecule has 0 aliphatic rings. The number of allylic oxidation sites excluding steroid dienone is 10. The number of hydrogen-bond donors (Lipinski definition) is 0. The fourth-order valence-electron chi connectivity index (χ4n) is 10.2. The standard InChI is InChI=1S/C73H132O6/c1-4-7-10-13-16-19-22-25-28-31-34-36-39-42-45-48-51-54-57-60-63-66-72(75)78-69-70(68-77-71(74)65-62-59-56-53-50-47-44-41-38-33-30-27-24-21-18-15-12-9-6-3)79-73(76)67-64-61-58-55-52-49-46-43-40-37-35-32-29-26-23-20-17-14-11-8-5-2/h18,21-22,25,27,30-32,34-35,70H,4-17,19-20,23-24,26,28-29,33,36-69H2,1-3H3/b21-18-,25-22-,30-27-,34-31-,35-32-. The van der Waals surface area contributed by atoms with Crippen LogP contribution in [0.25, 0.3) is 0 Å². The highest BCUT2D eigenvalue weighted by Gasteiger charge is 2.19. The van der Waals surface area contributed by atoms with E-state index in [1.54, 1.807) is 0 Å². The van der Waals surface area contributed by atoms with Crippen LogP contribution in [0.15, 0.2) is 60.8 Å². The Morgan fingerprint density at radius 2 is 0.456 bits per heavy atom. The van der Waals surface area contributed by atoms with Gasteiger partial charge in [-0.2, -0.15) is 0 Å². The zero-order chi connectivity index (χ0) is 57.1. The van der Waals surface area contributed by atoms with E-state index in [1.165, 1.54) is 257 Å². The lowest BCUT2D eigenvalue weighted by Crippen LogP contribution is -2.30. The molecule has 6 nitrogen and oxygen atoms in total. The number of carbonyl (C=O) groups excluding carboxylic acids is 3.